The van der Waals surface area contributed by atoms with Crippen LogP contribution in [0.1, 0.15) is 5.56 Å². The Balaban J connectivity index is 2.11. The zero-order valence-electron chi connectivity index (χ0n) is 11.6. The number of anilines is 1. The highest BCUT2D eigenvalue weighted by Gasteiger charge is 2.13. The van der Waals surface area contributed by atoms with Crippen molar-refractivity contribution in [2.45, 2.75) is 6.61 Å². The van der Waals surface area contributed by atoms with Gasteiger partial charge in [-0.15, -0.1) is 5.10 Å². The number of hydrogen-bond acceptors (Lipinski definition) is 5. The van der Waals surface area contributed by atoms with Gasteiger partial charge in [0.25, 0.3) is 0 Å². The number of tetrazole rings is 1. The lowest BCUT2D eigenvalue weighted by Crippen LogP contribution is -2.04. The van der Waals surface area contributed by atoms with Crippen LogP contribution in [0.4, 0.5) is 5.69 Å². The average molecular weight is 281 g/mol. The van der Waals surface area contributed by atoms with Gasteiger partial charge in [0.05, 0.1) is 12.3 Å². The van der Waals surface area contributed by atoms with Gasteiger partial charge in [-0.2, -0.15) is 4.68 Å². The number of aromatic nitrogens is 4. The average Bonchev–Trinajstić information content (AvgIpc) is 2.97. The van der Waals surface area contributed by atoms with Crippen LogP contribution in [0, 0.1) is 0 Å². The van der Waals surface area contributed by atoms with E-state index in [2.05, 4.69) is 15.5 Å². The van der Waals surface area contributed by atoms with Crippen molar-refractivity contribution in [3.8, 4) is 17.1 Å². The quantitative estimate of drug-likeness (QED) is 0.740. The minimum Gasteiger partial charge on any atom is -0.399 e. The molecular weight excluding hydrogens is 266 g/mol. The van der Waals surface area contributed by atoms with Crippen molar-refractivity contribution < 1.29 is 4.74 Å². The Kier molecular flexibility index (Phi) is 3.61. The van der Waals surface area contributed by atoms with E-state index in [0.717, 1.165) is 16.8 Å². The third kappa shape index (κ3) is 2.61. The van der Waals surface area contributed by atoms with Crippen LogP contribution in [0.15, 0.2) is 48.5 Å². The van der Waals surface area contributed by atoms with E-state index < -0.39 is 0 Å². The van der Waals surface area contributed by atoms with Crippen molar-refractivity contribution in [1.29, 1.82) is 0 Å². The molecule has 0 aliphatic heterocycles. The van der Waals surface area contributed by atoms with Crippen LogP contribution in [0.3, 0.4) is 0 Å². The summed E-state index contributed by atoms with van der Waals surface area (Å²) in [7, 11) is 1.66. The zero-order chi connectivity index (χ0) is 14.7. The van der Waals surface area contributed by atoms with Crippen molar-refractivity contribution in [3.63, 3.8) is 0 Å². The summed E-state index contributed by atoms with van der Waals surface area (Å²) in [5, 5.41) is 12.0. The number of rotatable bonds is 4. The smallest absolute Gasteiger partial charge is 0.187 e. The van der Waals surface area contributed by atoms with E-state index in [4.69, 9.17) is 10.5 Å². The first-order chi connectivity index (χ1) is 10.3. The fourth-order valence-corrected chi connectivity index (χ4v) is 2.20. The van der Waals surface area contributed by atoms with Gasteiger partial charge in [0.2, 0.25) is 0 Å². The summed E-state index contributed by atoms with van der Waals surface area (Å²) in [6, 6.07) is 15.3. The molecule has 0 saturated heterocycles. The van der Waals surface area contributed by atoms with E-state index in [0.29, 0.717) is 18.1 Å². The molecule has 0 saturated carbocycles. The highest BCUT2D eigenvalue weighted by atomic mass is 16.5. The Morgan fingerprint density at radius 1 is 1.14 bits per heavy atom. The molecule has 2 aromatic carbocycles. The molecule has 3 rings (SSSR count). The summed E-state index contributed by atoms with van der Waals surface area (Å²) in [6.45, 7) is 0.492. The maximum absolute atomic E-state index is 5.83. The third-order valence-electron chi connectivity index (χ3n) is 3.13. The third-order valence-corrected chi connectivity index (χ3v) is 3.13. The first-order valence-corrected chi connectivity index (χ1v) is 6.51. The van der Waals surface area contributed by atoms with Gasteiger partial charge in [-0.05, 0) is 28.6 Å². The lowest BCUT2D eigenvalue weighted by Gasteiger charge is -2.10. The van der Waals surface area contributed by atoms with E-state index in [-0.39, 0.29) is 0 Å². The highest BCUT2D eigenvalue weighted by Crippen LogP contribution is 2.23. The van der Waals surface area contributed by atoms with E-state index in [9.17, 15) is 0 Å². The molecule has 0 radical (unpaired) electrons. The summed E-state index contributed by atoms with van der Waals surface area (Å²) in [5.41, 5.74) is 9.28. The van der Waals surface area contributed by atoms with Gasteiger partial charge < -0.3 is 10.5 Å². The molecule has 1 aromatic heterocycles. The van der Waals surface area contributed by atoms with Crippen molar-refractivity contribution in [2.75, 3.05) is 12.8 Å². The summed E-state index contributed by atoms with van der Waals surface area (Å²) in [4.78, 5) is 0. The minimum atomic E-state index is 0.492. The minimum absolute atomic E-state index is 0.492. The van der Waals surface area contributed by atoms with Crippen LogP contribution in [0.5, 0.6) is 0 Å². The van der Waals surface area contributed by atoms with Gasteiger partial charge in [0.15, 0.2) is 5.82 Å². The summed E-state index contributed by atoms with van der Waals surface area (Å²) < 4.78 is 6.93. The summed E-state index contributed by atoms with van der Waals surface area (Å²) in [6.07, 6.45) is 0. The molecule has 0 atom stereocenters. The van der Waals surface area contributed by atoms with Crippen LogP contribution in [-0.4, -0.2) is 27.3 Å². The zero-order valence-corrected chi connectivity index (χ0v) is 11.6. The predicted molar refractivity (Wildman–Crippen MR) is 79.7 cm³/mol. The number of benzene rings is 2. The van der Waals surface area contributed by atoms with Crippen LogP contribution in [0.25, 0.3) is 17.1 Å². The van der Waals surface area contributed by atoms with Crippen molar-refractivity contribution in [1.82, 2.24) is 20.2 Å². The molecule has 106 valence electrons. The molecule has 1 heterocycles. The molecule has 3 aromatic rings. The Morgan fingerprint density at radius 2 is 2.00 bits per heavy atom. The number of hydrogen-bond donors (Lipinski definition) is 1. The molecule has 0 fully saturated rings. The number of ether oxygens (including phenoxy) is 1. The highest BCUT2D eigenvalue weighted by molar-refractivity contribution is 5.62. The molecule has 0 aliphatic carbocycles. The molecule has 0 bridgehead atoms. The topological polar surface area (TPSA) is 78.8 Å². The maximum Gasteiger partial charge on any atom is 0.187 e. The van der Waals surface area contributed by atoms with Gasteiger partial charge in [0.1, 0.15) is 0 Å². The molecule has 2 N–H and O–H groups in total. The van der Waals surface area contributed by atoms with Gasteiger partial charge >= 0.3 is 0 Å². The Hall–Kier alpha value is -2.73. The van der Waals surface area contributed by atoms with Gasteiger partial charge in [-0.25, -0.2) is 0 Å². The van der Waals surface area contributed by atoms with Crippen LogP contribution in [0.2, 0.25) is 0 Å². The number of methoxy groups -OCH3 is 1. The predicted octanol–water partition coefficient (Wildman–Crippen LogP) is 2.06. The Morgan fingerprint density at radius 3 is 2.81 bits per heavy atom. The second-order valence-corrected chi connectivity index (χ2v) is 4.60. The summed E-state index contributed by atoms with van der Waals surface area (Å²) in [5.74, 6) is 0.644. The number of nitrogen functional groups attached to an aromatic ring is 1. The van der Waals surface area contributed by atoms with Gasteiger partial charge in [-0.1, -0.05) is 30.3 Å². The molecule has 6 heteroatoms. The normalized spacial score (nSPS) is 10.7. The first-order valence-electron chi connectivity index (χ1n) is 6.51. The molecule has 0 spiro atoms. The fraction of sp³-hybridized carbons (Fsp3) is 0.133. The van der Waals surface area contributed by atoms with Crippen molar-refractivity contribution in [2.24, 2.45) is 0 Å². The molecule has 0 amide bonds. The first kappa shape index (κ1) is 13.3. The monoisotopic (exact) mass is 281 g/mol. The SMILES string of the molecule is COCc1ccccc1-n1nnnc1-c1cccc(N)c1. The lowest BCUT2D eigenvalue weighted by atomic mass is 10.1. The molecule has 0 unspecified atom stereocenters. The molecule has 21 heavy (non-hydrogen) atoms. The van der Waals surface area contributed by atoms with Crippen LogP contribution >= 0.6 is 0 Å². The van der Waals surface area contributed by atoms with Crippen molar-refractivity contribution >= 4 is 5.69 Å². The van der Waals surface area contributed by atoms with E-state index in [1.807, 2.05) is 48.5 Å². The number of para-hydroxylation sites is 1. The summed E-state index contributed by atoms with van der Waals surface area (Å²) >= 11 is 0. The fourth-order valence-electron chi connectivity index (χ4n) is 2.20. The van der Waals surface area contributed by atoms with Crippen LogP contribution in [-0.2, 0) is 11.3 Å². The van der Waals surface area contributed by atoms with Crippen LogP contribution < -0.4 is 5.73 Å². The van der Waals surface area contributed by atoms with Gasteiger partial charge in [0, 0.05) is 23.9 Å². The number of nitrogens with two attached hydrogens (primary N) is 1. The second kappa shape index (κ2) is 5.72. The number of nitrogens with zero attached hydrogens (tertiary/aromatic N) is 4. The van der Waals surface area contributed by atoms with E-state index in [1.54, 1.807) is 11.8 Å². The molecule has 6 nitrogen and oxygen atoms in total. The Labute approximate surface area is 122 Å². The van der Waals surface area contributed by atoms with Crippen molar-refractivity contribution in [3.05, 3.63) is 54.1 Å². The molecule has 0 aliphatic rings. The van der Waals surface area contributed by atoms with E-state index in [1.165, 1.54) is 0 Å². The standard InChI is InChI=1S/C15H15N5O/c1-21-10-12-5-2-3-8-14(12)20-15(17-18-19-20)11-6-4-7-13(16)9-11/h2-9H,10,16H2,1H3. The lowest BCUT2D eigenvalue weighted by molar-refractivity contribution is 0.184. The maximum atomic E-state index is 5.83. The second-order valence-electron chi connectivity index (χ2n) is 4.60. The molecular formula is C15H15N5O. The van der Waals surface area contributed by atoms with Gasteiger partial charge in [-0.3, -0.25) is 0 Å². The Bertz CT molecular complexity index is 753. The largest absolute Gasteiger partial charge is 0.399 e. The van der Waals surface area contributed by atoms with E-state index >= 15 is 0 Å².